The number of carbonyl (C=O) groups excluding carboxylic acids is 4. The van der Waals surface area contributed by atoms with Crippen molar-refractivity contribution in [1.29, 1.82) is 0 Å². The summed E-state index contributed by atoms with van der Waals surface area (Å²) < 4.78 is 7.08. The summed E-state index contributed by atoms with van der Waals surface area (Å²) in [6.07, 6.45) is -1.21. The molecule has 3 heterocycles. The number of tetrazole rings is 1. The summed E-state index contributed by atoms with van der Waals surface area (Å²) in [4.78, 5) is 50.4. The molecule has 1 saturated heterocycles. The zero-order valence-electron chi connectivity index (χ0n) is 20.3. The average Bonchev–Trinajstić information content (AvgIpc) is 3.22. The Morgan fingerprint density at radius 3 is 2.46 bits per heavy atom. The molecule has 14 nitrogen and oxygen atoms in total. The molecule has 0 aliphatic carbocycles. The number of nitrogens with zero attached hydrogens (tertiary/aromatic N) is 5. The number of carboxylic acid groups (broad SMARTS) is 2. The Labute approximate surface area is 258 Å². The van der Waals surface area contributed by atoms with E-state index in [-0.39, 0.29) is 88.4 Å². The number of aromatic hydroxyl groups is 1. The molecule has 2 aliphatic heterocycles. The van der Waals surface area contributed by atoms with Crippen LogP contribution in [0.2, 0.25) is 0 Å². The number of benzene rings is 1. The van der Waals surface area contributed by atoms with Crippen LogP contribution in [0.3, 0.4) is 0 Å². The van der Waals surface area contributed by atoms with E-state index >= 15 is 0 Å². The van der Waals surface area contributed by atoms with Crippen LogP contribution in [0.15, 0.2) is 40.7 Å². The van der Waals surface area contributed by atoms with E-state index in [0.717, 1.165) is 16.7 Å². The second kappa shape index (κ2) is 12.3. The van der Waals surface area contributed by atoms with Crippen molar-refractivity contribution in [3.63, 3.8) is 0 Å². The summed E-state index contributed by atoms with van der Waals surface area (Å²) in [5, 5.41) is 46.7. The summed E-state index contributed by atoms with van der Waals surface area (Å²) in [7, 11) is 1.61. The number of fused-ring (bicyclic) bond motifs is 1. The first kappa shape index (κ1) is 31.2. The van der Waals surface area contributed by atoms with Crippen LogP contribution in [0, 0.1) is 0 Å². The Morgan fingerprint density at radius 2 is 1.92 bits per heavy atom. The summed E-state index contributed by atoms with van der Waals surface area (Å²) >= 11 is 1.13. The van der Waals surface area contributed by atoms with Gasteiger partial charge in [0.25, 0.3) is 5.91 Å². The number of hydrogen-bond donors (Lipinski definition) is 2. The van der Waals surface area contributed by atoms with Crippen molar-refractivity contribution in [2.45, 2.75) is 29.8 Å². The number of thioether (sulfide) groups is 1. The quantitative estimate of drug-likeness (QED) is 0.137. The Hall–Kier alpha value is -1.98. The Balaban J connectivity index is 0.00000241. The topological polar surface area (TPSA) is 203 Å². The van der Waals surface area contributed by atoms with Gasteiger partial charge in [-0.1, -0.05) is 23.9 Å². The van der Waals surface area contributed by atoms with Gasteiger partial charge >= 0.3 is 59.1 Å². The maximum atomic E-state index is 13.0. The molecule has 37 heavy (non-hydrogen) atoms. The van der Waals surface area contributed by atoms with Gasteiger partial charge in [-0.3, -0.25) is 14.5 Å². The number of rotatable bonds is 8. The van der Waals surface area contributed by atoms with Gasteiger partial charge in [0.15, 0.2) is 11.8 Å². The number of carboxylic acids is 2. The molecule has 2 N–H and O–H groups in total. The van der Waals surface area contributed by atoms with Gasteiger partial charge in [-0.05, 0) is 40.6 Å². The second-order valence-corrected chi connectivity index (χ2v) is 8.93. The monoisotopic (exact) mass is 548 g/mol. The van der Waals surface area contributed by atoms with Gasteiger partial charge in [-0.2, -0.15) is 0 Å². The second-order valence-electron chi connectivity index (χ2n) is 7.99. The molecule has 1 aromatic carbocycles. The van der Waals surface area contributed by atoms with Gasteiger partial charge in [0.05, 0.1) is 24.2 Å². The van der Waals surface area contributed by atoms with Crippen LogP contribution in [0.4, 0.5) is 0 Å². The van der Waals surface area contributed by atoms with Gasteiger partial charge < -0.3 is 35.0 Å². The summed E-state index contributed by atoms with van der Waals surface area (Å²) in [6, 6.07) is 4.87. The predicted molar refractivity (Wildman–Crippen MR) is 111 cm³/mol. The average molecular weight is 548 g/mol. The van der Waals surface area contributed by atoms with Gasteiger partial charge in [0, 0.05) is 12.8 Å². The van der Waals surface area contributed by atoms with Crippen LogP contribution in [0.5, 0.6) is 5.75 Å². The Morgan fingerprint density at radius 1 is 1.27 bits per heavy atom. The van der Waals surface area contributed by atoms with Crippen LogP contribution in [0.1, 0.15) is 18.4 Å². The maximum Gasteiger partial charge on any atom is 1.00 e. The number of carbonyl (C=O) groups is 4. The number of phenolic OH excluding ortho intramolecular Hbond substituents is 1. The molecule has 0 saturated carbocycles. The van der Waals surface area contributed by atoms with Crippen molar-refractivity contribution in [2.75, 3.05) is 12.4 Å². The summed E-state index contributed by atoms with van der Waals surface area (Å²) in [5.41, 5.74) is -1.87. The zero-order valence-corrected chi connectivity index (χ0v) is 25.1. The third kappa shape index (κ3) is 5.88. The SMILES string of the molecule is Cn1nnnc1SCC1=C(C(=O)[O-])N2C(=O)[C@@](C)(NC(=O)C(C(=O)[O-])c3ccc(O)cc3)C2OC1.[Na+].[Na+]. The first-order valence-corrected chi connectivity index (χ1v) is 11.1. The maximum absolute atomic E-state index is 13.0. The molecule has 0 radical (unpaired) electrons. The molecule has 1 aromatic heterocycles. The number of aliphatic carboxylic acids is 2. The molecule has 0 spiro atoms. The predicted octanol–water partition coefficient (Wildman–Crippen LogP) is -9.37. The van der Waals surface area contributed by atoms with Gasteiger partial charge in [0.1, 0.15) is 11.7 Å². The number of amides is 2. The largest absolute Gasteiger partial charge is 1.00 e. The number of β-lactam (4-membered cyclic amide) rings is 1. The van der Waals surface area contributed by atoms with Crippen LogP contribution in [-0.2, 0) is 31.0 Å². The molecule has 2 aromatic rings. The van der Waals surface area contributed by atoms with Crippen molar-refractivity contribution < 1.29 is 98.3 Å². The molecule has 17 heteroatoms. The molecule has 184 valence electrons. The van der Waals surface area contributed by atoms with E-state index in [2.05, 4.69) is 20.8 Å². The van der Waals surface area contributed by atoms with Crippen molar-refractivity contribution in [3.8, 4) is 5.75 Å². The van der Waals surface area contributed by atoms with E-state index in [0.29, 0.717) is 5.16 Å². The molecular formula is C20H18N6Na2O8S. The van der Waals surface area contributed by atoms with Crippen LogP contribution in [-0.4, -0.2) is 78.1 Å². The molecule has 2 unspecified atom stereocenters. The zero-order chi connectivity index (χ0) is 25.5. The van der Waals surface area contributed by atoms with E-state index in [4.69, 9.17) is 4.74 Å². The molecule has 2 amide bonds. The Bertz CT molecular complexity index is 1260. The van der Waals surface area contributed by atoms with Crippen molar-refractivity contribution in [1.82, 2.24) is 30.4 Å². The van der Waals surface area contributed by atoms with Gasteiger partial charge in [-0.15, -0.1) is 5.10 Å². The number of ether oxygens (including phenoxy) is 1. The molecule has 1 fully saturated rings. The molecule has 3 atom stereocenters. The van der Waals surface area contributed by atoms with Crippen LogP contribution in [0.25, 0.3) is 0 Å². The van der Waals surface area contributed by atoms with E-state index in [1.54, 1.807) is 7.05 Å². The van der Waals surface area contributed by atoms with E-state index in [1.165, 1.54) is 35.9 Å². The minimum atomic E-state index is -1.79. The first-order chi connectivity index (χ1) is 16.5. The standard InChI is InChI=1S/C20H20N6O8S.2Na/c1-20(21-14(28)12(15(29)30)9-3-5-11(27)6-4-9)17(33)26-13(16(31)32)10(7-34-18(20)26)8-35-19-22-23-24-25(19)2;;/h3-6,12,18,27H,7-8H2,1-2H3,(H,21,28)(H,29,30)(H,31,32);;/q;2*+1/p-2/t12?,18?,20-;;/m1../s1. The molecule has 0 bridgehead atoms. The number of aromatic nitrogens is 4. The molecular weight excluding hydrogens is 530 g/mol. The van der Waals surface area contributed by atoms with Gasteiger partial charge in [0.2, 0.25) is 11.1 Å². The molecule has 4 rings (SSSR count). The minimum absolute atomic E-state index is 0. The fraction of sp³-hybridized carbons (Fsp3) is 0.350. The number of phenols is 1. The van der Waals surface area contributed by atoms with E-state index in [9.17, 15) is 34.5 Å². The molecule has 2 aliphatic rings. The minimum Gasteiger partial charge on any atom is -0.549 e. The third-order valence-corrected chi connectivity index (χ3v) is 6.74. The summed E-state index contributed by atoms with van der Waals surface area (Å²) in [6.45, 7) is 1.11. The third-order valence-electron chi connectivity index (χ3n) is 5.64. The number of hydrogen-bond acceptors (Lipinski definition) is 12. The van der Waals surface area contributed by atoms with Crippen LogP contribution >= 0.6 is 11.8 Å². The van der Waals surface area contributed by atoms with Crippen LogP contribution < -0.4 is 74.6 Å². The first-order valence-electron chi connectivity index (χ1n) is 10.1. The van der Waals surface area contributed by atoms with Gasteiger partial charge in [-0.25, -0.2) is 4.68 Å². The fourth-order valence-electron chi connectivity index (χ4n) is 3.89. The number of nitrogens with one attached hydrogen (secondary N) is 1. The fourth-order valence-corrected chi connectivity index (χ4v) is 4.73. The van der Waals surface area contributed by atoms with E-state index < -0.39 is 47.1 Å². The van der Waals surface area contributed by atoms with Crippen molar-refractivity contribution >= 4 is 35.5 Å². The smallest absolute Gasteiger partial charge is 0.549 e. The van der Waals surface area contributed by atoms with E-state index in [1.807, 2.05) is 0 Å². The Kier molecular flexibility index (Phi) is 10.3. The number of aryl methyl sites for hydroxylation is 1. The summed E-state index contributed by atoms with van der Waals surface area (Å²) in [5.74, 6) is -7.05. The normalized spacial score (nSPS) is 21.1. The van der Waals surface area contributed by atoms with Crippen molar-refractivity contribution in [3.05, 3.63) is 41.1 Å². The van der Waals surface area contributed by atoms with Crippen molar-refractivity contribution in [2.24, 2.45) is 7.05 Å².